The van der Waals surface area contributed by atoms with Gasteiger partial charge in [0.15, 0.2) is 0 Å². The molecule has 0 aromatic heterocycles. The first kappa shape index (κ1) is 28.6. The molecule has 0 amide bonds. The van der Waals surface area contributed by atoms with Crippen molar-refractivity contribution in [3.63, 3.8) is 0 Å². The van der Waals surface area contributed by atoms with Crippen LogP contribution < -0.4 is 5.32 Å². The molecule has 0 rings (SSSR count). The lowest BCUT2D eigenvalue weighted by Gasteiger charge is -2.16. The average Bonchev–Trinajstić information content (AvgIpc) is 2.69. The van der Waals surface area contributed by atoms with Gasteiger partial charge >= 0.3 is 0 Å². The highest BCUT2D eigenvalue weighted by Gasteiger charge is 2.08. The van der Waals surface area contributed by atoms with Crippen molar-refractivity contribution in [1.82, 2.24) is 5.32 Å². The van der Waals surface area contributed by atoms with Crippen molar-refractivity contribution in [3.8, 4) is 0 Å². The average molecular weight is 510 g/mol. The third kappa shape index (κ3) is 22.9. The summed E-state index contributed by atoms with van der Waals surface area (Å²) in [6.07, 6.45) is 26.8. The Labute approximate surface area is 191 Å². The predicted octanol–water partition coefficient (Wildman–Crippen LogP) is 8.54. The SMILES string of the molecule is CCCCCCCCCCCCCC(I)NCC(O)CCCCCCCCC. The van der Waals surface area contributed by atoms with Crippen LogP contribution in [-0.2, 0) is 0 Å². The number of aliphatic hydroxyl groups is 1. The summed E-state index contributed by atoms with van der Waals surface area (Å²) >= 11 is 2.51. The topological polar surface area (TPSA) is 32.3 Å². The fourth-order valence-electron chi connectivity index (χ4n) is 3.79. The largest absolute Gasteiger partial charge is 0.392 e. The molecule has 0 aliphatic heterocycles. The summed E-state index contributed by atoms with van der Waals surface area (Å²) in [5.74, 6) is 0. The predicted molar refractivity (Wildman–Crippen MR) is 136 cm³/mol. The van der Waals surface area contributed by atoms with Gasteiger partial charge in [0, 0.05) is 6.54 Å². The Morgan fingerprint density at radius 3 is 1.36 bits per heavy atom. The highest BCUT2D eigenvalue weighted by molar-refractivity contribution is 14.1. The minimum atomic E-state index is -0.162. The van der Waals surface area contributed by atoms with Crippen molar-refractivity contribution >= 4 is 22.6 Å². The van der Waals surface area contributed by atoms with Crippen LogP contribution >= 0.6 is 22.6 Å². The van der Waals surface area contributed by atoms with E-state index in [0.717, 1.165) is 13.0 Å². The Morgan fingerprint density at radius 1 is 0.571 bits per heavy atom. The summed E-state index contributed by atoms with van der Waals surface area (Å²) in [7, 11) is 0. The lowest BCUT2D eigenvalue weighted by atomic mass is 10.1. The van der Waals surface area contributed by atoms with E-state index in [9.17, 15) is 5.11 Å². The summed E-state index contributed by atoms with van der Waals surface area (Å²) in [5.41, 5.74) is 0. The zero-order valence-corrected chi connectivity index (χ0v) is 21.5. The van der Waals surface area contributed by atoms with Crippen LogP contribution in [0.15, 0.2) is 0 Å². The number of aliphatic hydroxyl groups excluding tert-OH is 1. The number of unbranched alkanes of at least 4 members (excludes halogenated alkanes) is 16. The van der Waals surface area contributed by atoms with E-state index >= 15 is 0 Å². The molecule has 0 radical (unpaired) electrons. The molecule has 3 heteroatoms. The first-order chi connectivity index (χ1) is 13.7. The van der Waals surface area contributed by atoms with Gasteiger partial charge in [0.25, 0.3) is 0 Å². The van der Waals surface area contributed by atoms with Crippen molar-refractivity contribution in [2.24, 2.45) is 0 Å². The molecular weight excluding hydrogens is 457 g/mol. The molecule has 2 nitrogen and oxygen atoms in total. The zero-order valence-electron chi connectivity index (χ0n) is 19.3. The van der Waals surface area contributed by atoms with Gasteiger partial charge in [0.1, 0.15) is 0 Å². The Kier molecular flexibility index (Phi) is 24.5. The molecule has 0 saturated heterocycles. The van der Waals surface area contributed by atoms with Crippen molar-refractivity contribution in [3.05, 3.63) is 0 Å². The van der Waals surface area contributed by atoms with Crippen molar-refractivity contribution in [1.29, 1.82) is 0 Å². The molecule has 170 valence electrons. The van der Waals surface area contributed by atoms with Crippen LogP contribution in [0, 0.1) is 0 Å². The summed E-state index contributed by atoms with van der Waals surface area (Å²) < 4.78 is 0.514. The van der Waals surface area contributed by atoms with E-state index in [-0.39, 0.29) is 6.10 Å². The second kappa shape index (κ2) is 23.9. The zero-order chi connectivity index (χ0) is 20.7. The molecule has 0 aliphatic rings. The first-order valence-electron chi connectivity index (χ1n) is 12.8. The molecule has 0 aromatic carbocycles. The maximum absolute atomic E-state index is 10.1. The van der Waals surface area contributed by atoms with Crippen molar-refractivity contribution in [2.75, 3.05) is 6.54 Å². The van der Waals surface area contributed by atoms with Crippen molar-refractivity contribution in [2.45, 2.75) is 152 Å². The van der Waals surface area contributed by atoms with Gasteiger partial charge in [-0.3, -0.25) is 0 Å². The normalized spacial score (nSPS) is 13.7. The summed E-state index contributed by atoms with van der Waals surface area (Å²) in [6, 6.07) is 0. The number of hydrogen-bond donors (Lipinski definition) is 2. The fraction of sp³-hybridized carbons (Fsp3) is 1.00. The van der Waals surface area contributed by atoms with Crippen LogP contribution in [0.5, 0.6) is 0 Å². The first-order valence-corrected chi connectivity index (χ1v) is 14.0. The van der Waals surface area contributed by atoms with E-state index in [1.807, 2.05) is 0 Å². The molecule has 2 unspecified atom stereocenters. The number of alkyl halides is 1. The van der Waals surface area contributed by atoms with Gasteiger partial charge in [0.05, 0.1) is 10.2 Å². The number of rotatable bonds is 23. The molecule has 0 saturated carbocycles. The van der Waals surface area contributed by atoms with Crippen molar-refractivity contribution < 1.29 is 5.11 Å². The summed E-state index contributed by atoms with van der Waals surface area (Å²) in [6.45, 7) is 5.32. The molecule has 0 aliphatic carbocycles. The maximum Gasteiger partial charge on any atom is 0.0665 e. The van der Waals surface area contributed by atoms with E-state index < -0.39 is 0 Å². The summed E-state index contributed by atoms with van der Waals surface area (Å²) in [5, 5.41) is 13.7. The number of nitrogens with one attached hydrogen (secondary N) is 1. The van der Waals surface area contributed by atoms with Gasteiger partial charge in [-0.25, -0.2) is 0 Å². The molecule has 0 heterocycles. The Morgan fingerprint density at radius 2 is 0.929 bits per heavy atom. The third-order valence-electron chi connectivity index (χ3n) is 5.78. The van der Waals surface area contributed by atoms with Gasteiger partial charge in [-0.1, -0.05) is 152 Å². The Bertz CT molecular complexity index is 288. The van der Waals surface area contributed by atoms with Gasteiger partial charge in [-0.2, -0.15) is 0 Å². The molecule has 0 spiro atoms. The molecule has 0 fully saturated rings. The lowest BCUT2D eigenvalue weighted by molar-refractivity contribution is 0.157. The van der Waals surface area contributed by atoms with E-state index in [1.54, 1.807) is 0 Å². The van der Waals surface area contributed by atoms with Crippen LogP contribution in [0.2, 0.25) is 0 Å². The molecular formula is C25H52INO. The number of hydrogen-bond acceptors (Lipinski definition) is 2. The molecule has 2 N–H and O–H groups in total. The standard InChI is InChI=1S/C25H52INO/c1-3-5-7-9-11-12-13-14-16-18-20-22-25(26)27-23-24(28)21-19-17-15-10-8-6-4-2/h24-25,27-28H,3-23H2,1-2H3. The summed E-state index contributed by atoms with van der Waals surface area (Å²) in [4.78, 5) is 0. The second-order valence-electron chi connectivity index (χ2n) is 8.76. The quantitative estimate of drug-likeness (QED) is 0.0626. The van der Waals surface area contributed by atoms with E-state index in [4.69, 9.17) is 0 Å². The Balaban J connectivity index is 3.28. The minimum Gasteiger partial charge on any atom is -0.392 e. The molecule has 0 bridgehead atoms. The third-order valence-corrected chi connectivity index (χ3v) is 6.84. The van der Waals surface area contributed by atoms with Crippen LogP contribution in [0.3, 0.4) is 0 Å². The van der Waals surface area contributed by atoms with Gasteiger partial charge in [0.2, 0.25) is 0 Å². The van der Waals surface area contributed by atoms with Crippen LogP contribution in [0.25, 0.3) is 0 Å². The minimum absolute atomic E-state index is 0.162. The van der Waals surface area contributed by atoms with E-state index in [1.165, 1.54) is 122 Å². The van der Waals surface area contributed by atoms with Crippen LogP contribution in [-0.4, -0.2) is 21.8 Å². The molecule has 0 aromatic rings. The maximum atomic E-state index is 10.1. The van der Waals surface area contributed by atoms with E-state index in [0.29, 0.717) is 4.05 Å². The monoisotopic (exact) mass is 509 g/mol. The van der Waals surface area contributed by atoms with Gasteiger partial charge in [-0.15, -0.1) is 0 Å². The second-order valence-corrected chi connectivity index (χ2v) is 10.3. The molecule has 2 atom stereocenters. The van der Waals surface area contributed by atoms with Crippen LogP contribution in [0.4, 0.5) is 0 Å². The Hall–Kier alpha value is 0.650. The molecule has 28 heavy (non-hydrogen) atoms. The van der Waals surface area contributed by atoms with E-state index in [2.05, 4.69) is 41.8 Å². The van der Waals surface area contributed by atoms with Gasteiger partial charge < -0.3 is 10.4 Å². The van der Waals surface area contributed by atoms with Gasteiger partial charge in [-0.05, 0) is 12.8 Å². The lowest BCUT2D eigenvalue weighted by Crippen LogP contribution is -2.32. The fourth-order valence-corrected chi connectivity index (χ4v) is 4.49. The highest BCUT2D eigenvalue weighted by Crippen LogP contribution is 2.14. The smallest absolute Gasteiger partial charge is 0.0665 e. The highest BCUT2D eigenvalue weighted by atomic mass is 127. The number of halogens is 1. The van der Waals surface area contributed by atoms with Crippen LogP contribution in [0.1, 0.15) is 142 Å².